The molecule has 1 aliphatic carbocycles. The summed E-state index contributed by atoms with van der Waals surface area (Å²) in [5, 5.41) is 12.7. The highest BCUT2D eigenvalue weighted by Crippen LogP contribution is 2.42. The smallest absolute Gasteiger partial charge is 0.380 e. The van der Waals surface area contributed by atoms with E-state index < -0.39 is 11.8 Å². The molecule has 0 aromatic rings. The first-order chi connectivity index (χ1) is 7.24. The van der Waals surface area contributed by atoms with Crippen LogP contribution in [0.1, 0.15) is 39.5 Å². The normalized spacial score (nSPS) is 32.1. The van der Waals surface area contributed by atoms with Crippen molar-refractivity contribution >= 4 is 0 Å². The van der Waals surface area contributed by atoms with Crippen molar-refractivity contribution < 1.29 is 18.3 Å². The van der Waals surface area contributed by atoms with E-state index in [2.05, 4.69) is 5.32 Å². The lowest BCUT2D eigenvalue weighted by atomic mass is 9.78. The summed E-state index contributed by atoms with van der Waals surface area (Å²) in [4.78, 5) is 0. The Morgan fingerprint density at radius 3 is 2.19 bits per heavy atom. The van der Waals surface area contributed by atoms with Gasteiger partial charge in [0.05, 0.1) is 0 Å². The predicted molar refractivity (Wildman–Crippen MR) is 56.1 cm³/mol. The van der Waals surface area contributed by atoms with Gasteiger partial charge in [-0.1, -0.05) is 13.8 Å². The third kappa shape index (κ3) is 3.35. The quantitative estimate of drug-likeness (QED) is 0.793. The van der Waals surface area contributed by atoms with Crippen LogP contribution in [0.4, 0.5) is 13.2 Å². The van der Waals surface area contributed by atoms with Gasteiger partial charge >= 0.3 is 6.18 Å². The van der Waals surface area contributed by atoms with Crippen molar-refractivity contribution in [2.75, 3.05) is 6.54 Å². The van der Waals surface area contributed by atoms with E-state index in [1.807, 2.05) is 13.8 Å². The fourth-order valence-electron chi connectivity index (χ4n) is 2.05. The van der Waals surface area contributed by atoms with E-state index in [1.54, 1.807) is 0 Å². The van der Waals surface area contributed by atoms with Crippen LogP contribution in [0.3, 0.4) is 0 Å². The first-order valence-corrected chi connectivity index (χ1v) is 5.77. The number of hydrogen-bond acceptors (Lipinski definition) is 2. The van der Waals surface area contributed by atoms with Gasteiger partial charge in [0.15, 0.2) is 5.60 Å². The van der Waals surface area contributed by atoms with Crippen molar-refractivity contribution in [3.63, 3.8) is 0 Å². The topological polar surface area (TPSA) is 32.3 Å². The Kier molecular flexibility index (Phi) is 4.23. The van der Waals surface area contributed by atoms with Crippen LogP contribution in [-0.2, 0) is 0 Å². The van der Waals surface area contributed by atoms with E-state index in [0.29, 0.717) is 18.9 Å². The lowest BCUT2D eigenvalue weighted by Crippen LogP contribution is -2.48. The van der Waals surface area contributed by atoms with Crippen molar-refractivity contribution in [3.05, 3.63) is 0 Å². The van der Waals surface area contributed by atoms with Crippen LogP contribution in [0.2, 0.25) is 0 Å². The molecule has 0 aromatic heterocycles. The van der Waals surface area contributed by atoms with Gasteiger partial charge in [0.25, 0.3) is 0 Å². The zero-order chi connectivity index (χ0) is 12.4. The van der Waals surface area contributed by atoms with Gasteiger partial charge < -0.3 is 10.4 Å². The Bertz CT molecular complexity index is 220. The molecule has 16 heavy (non-hydrogen) atoms. The lowest BCUT2D eigenvalue weighted by Gasteiger charge is -2.37. The summed E-state index contributed by atoms with van der Waals surface area (Å²) in [6.45, 7) is 4.76. The minimum Gasteiger partial charge on any atom is -0.380 e. The number of aliphatic hydroxyl groups is 1. The molecule has 5 heteroatoms. The Hall–Kier alpha value is -0.290. The van der Waals surface area contributed by atoms with Gasteiger partial charge in [0.2, 0.25) is 0 Å². The van der Waals surface area contributed by atoms with Crippen LogP contribution in [0.15, 0.2) is 0 Å². The Balaban J connectivity index is 2.39. The van der Waals surface area contributed by atoms with E-state index >= 15 is 0 Å². The molecule has 0 radical (unpaired) electrons. The van der Waals surface area contributed by atoms with Crippen LogP contribution in [0, 0.1) is 5.92 Å². The van der Waals surface area contributed by atoms with Crippen molar-refractivity contribution in [2.45, 2.75) is 57.3 Å². The highest BCUT2D eigenvalue weighted by atomic mass is 19.4. The van der Waals surface area contributed by atoms with Crippen LogP contribution >= 0.6 is 0 Å². The number of alkyl halides is 3. The molecule has 0 aliphatic heterocycles. The van der Waals surface area contributed by atoms with Gasteiger partial charge in [-0.3, -0.25) is 0 Å². The summed E-state index contributed by atoms with van der Waals surface area (Å²) in [5.41, 5.74) is -2.44. The van der Waals surface area contributed by atoms with Crippen molar-refractivity contribution in [3.8, 4) is 0 Å². The summed E-state index contributed by atoms with van der Waals surface area (Å²) < 4.78 is 37.5. The average molecular weight is 239 g/mol. The minimum absolute atomic E-state index is 0.166. The lowest BCUT2D eigenvalue weighted by molar-refractivity contribution is -0.271. The highest BCUT2D eigenvalue weighted by molar-refractivity contribution is 4.91. The zero-order valence-electron chi connectivity index (χ0n) is 9.77. The third-order valence-electron chi connectivity index (χ3n) is 3.27. The molecule has 0 saturated heterocycles. The summed E-state index contributed by atoms with van der Waals surface area (Å²) in [5.74, 6) is 0.255. The molecular weight excluding hydrogens is 219 g/mol. The molecule has 2 N–H and O–H groups in total. The van der Waals surface area contributed by atoms with Crippen LogP contribution in [0.25, 0.3) is 0 Å². The van der Waals surface area contributed by atoms with E-state index in [4.69, 9.17) is 0 Å². The minimum atomic E-state index is -4.48. The molecule has 0 unspecified atom stereocenters. The number of nitrogens with one attached hydrogen (secondary N) is 1. The molecule has 0 amide bonds. The van der Waals surface area contributed by atoms with Crippen LogP contribution in [0.5, 0.6) is 0 Å². The Labute approximate surface area is 94.2 Å². The highest BCUT2D eigenvalue weighted by Gasteiger charge is 2.54. The molecule has 2 nitrogen and oxygen atoms in total. The molecule has 1 fully saturated rings. The largest absolute Gasteiger partial charge is 0.417 e. The Morgan fingerprint density at radius 1 is 1.31 bits per heavy atom. The molecule has 0 spiro atoms. The predicted octanol–water partition coefficient (Wildman–Crippen LogP) is 2.47. The van der Waals surface area contributed by atoms with Gasteiger partial charge in [-0.25, -0.2) is 0 Å². The summed E-state index contributed by atoms with van der Waals surface area (Å²) in [7, 11) is 0. The third-order valence-corrected chi connectivity index (χ3v) is 3.27. The molecular formula is C11H20F3NO. The standard InChI is InChI=1S/C11H20F3NO/c1-8(2)15-7-9-3-5-10(16,6-4-9)11(12,13)14/h8-9,15-16H,3-7H2,1-2H3. The SMILES string of the molecule is CC(C)NCC1CCC(O)(C(F)(F)F)CC1. The second-order valence-electron chi connectivity index (χ2n) is 5.04. The molecule has 1 saturated carbocycles. The average Bonchev–Trinajstić information content (AvgIpc) is 2.15. The second-order valence-corrected chi connectivity index (χ2v) is 5.04. The van der Waals surface area contributed by atoms with E-state index in [9.17, 15) is 18.3 Å². The van der Waals surface area contributed by atoms with E-state index in [-0.39, 0.29) is 18.8 Å². The molecule has 0 bridgehead atoms. The molecule has 1 aliphatic rings. The number of hydrogen-bond donors (Lipinski definition) is 2. The molecule has 0 aromatic carbocycles. The fraction of sp³-hybridized carbons (Fsp3) is 1.00. The summed E-state index contributed by atoms with van der Waals surface area (Å²) in [6, 6.07) is 0.350. The number of halogens is 3. The van der Waals surface area contributed by atoms with Gasteiger partial charge in [-0.15, -0.1) is 0 Å². The van der Waals surface area contributed by atoms with Crippen molar-refractivity contribution in [1.82, 2.24) is 5.32 Å². The first kappa shape index (κ1) is 13.8. The molecule has 96 valence electrons. The van der Waals surface area contributed by atoms with Crippen molar-refractivity contribution in [1.29, 1.82) is 0 Å². The maximum absolute atomic E-state index is 12.5. The molecule has 1 rings (SSSR count). The Morgan fingerprint density at radius 2 is 1.81 bits per heavy atom. The monoisotopic (exact) mass is 239 g/mol. The van der Waals surface area contributed by atoms with Gasteiger partial charge in [0, 0.05) is 6.04 Å². The van der Waals surface area contributed by atoms with Gasteiger partial charge in [-0.05, 0) is 38.1 Å². The zero-order valence-corrected chi connectivity index (χ0v) is 9.77. The van der Waals surface area contributed by atoms with E-state index in [1.165, 1.54) is 0 Å². The number of rotatable bonds is 3. The van der Waals surface area contributed by atoms with Crippen molar-refractivity contribution in [2.24, 2.45) is 5.92 Å². The van der Waals surface area contributed by atoms with Gasteiger partial charge in [-0.2, -0.15) is 13.2 Å². The molecule has 0 atom stereocenters. The van der Waals surface area contributed by atoms with Crippen LogP contribution < -0.4 is 5.32 Å². The summed E-state index contributed by atoms with van der Waals surface area (Å²) in [6.07, 6.45) is -3.93. The van der Waals surface area contributed by atoms with E-state index in [0.717, 1.165) is 6.54 Å². The molecule has 0 heterocycles. The fourth-order valence-corrected chi connectivity index (χ4v) is 2.05. The first-order valence-electron chi connectivity index (χ1n) is 5.77. The maximum Gasteiger partial charge on any atom is 0.417 e. The van der Waals surface area contributed by atoms with Crippen LogP contribution in [-0.4, -0.2) is 29.5 Å². The summed E-state index contributed by atoms with van der Waals surface area (Å²) >= 11 is 0. The second kappa shape index (κ2) is 4.92. The van der Waals surface area contributed by atoms with Gasteiger partial charge in [0.1, 0.15) is 0 Å². The maximum atomic E-state index is 12.5.